The van der Waals surface area contributed by atoms with Crippen LogP contribution in [0.4, 0.5) is 0 Å². The number of aliphatic hydroxyl groups excluding tert-OH is 1. The van der Waals surface area contributed by atoms with Gasteiger partial charge in [0.2, 0.25) is 0 Å². The molecular formula is C23H23NOS. The van der Waals surface area contributed by atoms with Crippen LogP contribution in [0.2, 0.25) is 0 Å². The lowest BCUT2D eigenvalue weighted by Crippen LogP contribution is -2.16. The van der Waals surface area contributed by atoms with Crippen LogP contribution < -0.4 is 5.32 Å². The number of hydrogen-bond acceptors (Lipinski definition) is 3. The van der Waals surface area contributed by atoms with Gasteiger partial charge in [-0.05, 0) is 55.8 Å². The van der Waals surface area contributed by atoms with E-state index in [1.165, 1.54) is 5.56 Å². The molecule has 2 aromatic carbocycles. The van der Waals surface area contributed by atoms with Crippen molar-refractivity contribution in [1.82, 2.24) is 5.32 Å². The van der Waals surface area contributed by atoms with Gasteiger partial charge < -0.3 is 10.4 Å². The number of allylic oxidation sites excluding steroid dienone is 2. The van der Waals surface area contributed by atoms with E-state index in [1.807, 2.05) is 55.5 Å². The van der Waals surface area contributed by atoms with E-state index >= 15 is 0 Å². The summed E-state index contributed by atoms with van der Waals surface area (Å²) in [7, 11) is 0. The minimum Gasteiger partial charge on any atom is -0.507 e. The van der Waals surface area contributed by atoms with Crippen LogP contribution in [-0.2, 0) is 6.54 Å². The normalized spacial score (nSPS) is 11.6. The molecule has 0 saturated carbocycles. The molecule has 0 heterocycles. The maximum Gasteiger partial charge on any atom is 0.129 e. The number of benzene rings is 2. The lowest BCUT2D eigenvalue weighted by molar-refractivity contribution is 0.444. The highest BCUT2D eigenvalue weighted by atomic mass is 32.1. The zero-order valence-electron chi connectivity index (χ0n) is 15.1. The standard InChI is InChI=1S/C23H23NOS/c1-3-22(25)23(26)15-18(2)16-24-17-21-13-11-20(12-14-21)10-9-19-7-5-4-6-8-19/h3-8,11-15,24-25H,16-17H2,1-2H3/b18-15+,22-3+. The first kappa shape index (κ1) is 19.7. The maximum absolute atomic E-state index is 9.57. The number of rotatable bonds is 6. The summed E-state index contributed by atoms with van der Waals surface area (Å²) in [5, 5.41) is 12.9. The van der Waals surface area contributed by atoms with Crippen LogP contribution in [0.15, 0.2) is 78.1 Å². The second kappa shape index (κ2) is 10.4. The largest absolute Gasteiger partial charge is 0.507 e. The van der Waals surface area contributed by atoms with Crippen molar-refractivity contribution >= 4 is 17.1 Å². The molecule has 0 amide bonds. The first-order chi connectivity index (χ1) is 12.6. The quantitative estimate of drug-likeness (QED) is 0.330. The molecule has 132 valence electrons. The third-order valence-electron chi connectivity index (χ3n) is 3.72. The maximum atomic E-state index is 9.57. The molecule has 3 heteroatoms. The zero-order valence-corrected chi connectivity index (χ0v) is 15.9. The SMILES string of the molecule is C/C=C(/O)C(=S)/C=C(\C)CNCc1ccc(C#Cc2ccccc2)cc1. The van der Waals surface area contributed by atoms with Gasteiger partial charge in [0.05, 0.1) is 4.86 Å². The summed E-state index contributed by atoms with van der Waals surface area (Å²) in [6, 6.07) is 18.2. The number of hydrogen-bond donors (Lipinski definition) is 2. The fraction of sp³-hybridized carbons (Fsp3) is 0.174. The van der Waals surface area contributed by atoms with Crippen LogP contribution >= 0.6 is 12.2 Å². The van der Waals surface area contributed by atoms with Crippen LogP contribution in [0.25, 0.3) is 0 Å². The Morgan fingerprint density at radius 3 is 2.27 bits per heavy atom. The van der Waals surface area contributed by atoms with Crippen molar-refractivity contribution in [3.63, 3.8) is 0 Å². The average Bonchev–Trinajstić information content (AvgIpc) is 2.67. The summed E-state index contributed by atoms with van der Waals surface area (Å²) in [5.41, 5.74) is 4.29. The van der Waals surface area contributed by atoms with Crippen molar-refractivity contribution in [3.05, 3.63) is 94.8 Å². The molecular weight excluding hydrogens is 338 g/mol. The number of aliphatic hydroxyl groups is 1. The fourth-order valence-electron chi connectivity index (χ4n) is 2.27. The Hall–Kier alpha value is -2.67. The molecule has 0 aliphatic rings. The van der Waals surface area contributed by atoms with Crippen LogP contribution in [0.1, 0.15) is 30.5 Å². The molecule has 2 N–H and O–H groups in total. The molecule has 26 heavy (non-hydrogen) atoms. The van der Waals surface area contributed by atoms with E-state index in [4.69, 9.17) is 12.2 Å². The summed E-state index contributed by atoms with van der Waals surface area (Å²) < 4.78 is 0. The van der Waals surface area contributed by atoms with E-state index in [0.717, 1.165) is 23.2 Å². The van der Waals surface area contributed by atoms with Gasteiger partial charge in [-0.3, -0.25) is 0 Å². The van der Waals surface area contributed by atoms with E-state index in [1.54, 1.807) is 13.0 Å². The van der Waals surface area contributed by atoms with Crippen LogP contribution in [0, 0.1) is 11.8 Å². The van der Waals surface area contributed by atoms with E-state index in [9.17, 15) is 5.11 Å². The molecule has 0 radical (unpaired) electrons. The van der Waals surface area contributed by atoms with Crippen molar-refractivity contribution in [2.75, 3.05) is 6.54 Å². The molecule has 0 aliphatic heterocycles. The Kier molecular flexibility index (Phi) is 7.82. The molecule has 0 fully saturated rings. The second-order valence-electron chi connectivity index (χ2n) is 5.95. The van der Waals surface area contributed by atoms with Gasteiger partial charge >= 0.3 is 0 Å². The van der Waals surface area contributed by atoms with Crippen LogP contribution in [-0.4, -0.2) is 16.5 Å². The second-order valence-corrected chi connectivity index (χ2v) is 6.39. The van der Waals surface area contributed by atoms with Gasteiger partial charge in [0.1, 0.15) is 5.76 Å². The molecule has 0 aliphatic carbocycles. The first-order valence-electron chi connectivity index (χ1n) is 8.52. The highest BCUT2D eigenvalue weighted by molar-refractivity contribution is 7.81. The molecule has 0 bridgehead atoms. The Balaban J connectivity index is 1.85. The summed E-state index contributed by atoms with van der Waals surface area (Å²) in [6.07, 6.45) is 3.42. The monoisotopic (exact) mass is 361 g/mol. The highest BCUT2D eigenvalue weighted by Crippen LogP contribution is 2.05. The lowest BCUT2D eigenvalue weighted by Gasteiger charge is -2.06. The molecule has 0 atom stereocenters. The van der Waals surface area contributed by atoms with Gasteiger partial charge in [-0.25, -0.2) is 0 Å². The Morgan fingerprint density at radius 1 is 1.04 bits per heavy atom. The minimum atomic E-state index is 0.145. The Bertz CT molecular complexity index is 853. The Morgan fingerprint density at radius 2 is 1.65 bits per heavy atom. The molecule has 0 spiro atoms. The molecule has 2 aromatic rings. The van der Waals surface area contributed by atoms with Gasteiger partial charge in [-0.2, -0.15) is 0 Å². The average molecular weight is 362 g/mol. The predicted octanol–water partition coefficient (Wildman–Crippen LogP) is 4.95. The van der Waals surface area contributed by atoms with E-state index in [2.05, 4.69) is 29.3 Å². The summed E-state index contributed by atoms with van der Waals surface area (Å²) >= 11 is 5.14. The minimum absolute atomic E-state index is 0.145. The van der Waals surface area contributed by atoms with Crippen molar-refractivity contribution in [2.24, 2.45) is 0 Å². The molecule has 2 rings (SSSR count). The van der Waals surface area contributed by atoms with E-state index < -0.39 is 0 Å². The topological polar surface area (TPSA) is 32.3 Å². The third kappa shape index (κ3) is 6.68. The van der Waals surface area contributed by atoms with Gasteiger partial charge in [-0.15, -0.1) is 0 Å². The molecule has 2 nitrogen and oxygen atoms in total. The van der Waals surface area contributed by atoms with E-state index in [0.29, 0.717) is 11.4 Å². The van der Waals surface area contributed by atoms with Gasteiger partial charge in [0.15, 0.2) is 0 Å². The van der Waals surface area contributed by atoms with Crippen molar-refractivity contribution in [2.45, 2.75) is 20.4 Å². The smallest absolute Gasteiger partial charge is 0.129 e. The highest BCUT2D eigenvalue weighted by Gasteiger charge is 1.99. The first-order valence-corrected chi connectivity index (χ1v) is 8.93. The third-order valence-corrected chi connectivity index (χ3v) is 4.04. The van der Waals surface area contributed by atoms with Crippen molar-refractivity contribution < 1.29 is 5.11 Å². The molecule has 0 saturated heterocycles. The van der Waals surface area contributed by atoms with Crippen LogP contribution in [0.5, 0.6) is 0 Å². The summed E-state index contributed by atoms with van der Waals surface area (Å²) in [5.74, 6) is 6.48. The number of nitrogens with one attached hydrogen (secondary N) is 1. The predicted molar refractivity (Wildman–Crippen MR) is 113 cm³/mol. The fourth-order valence-corrected chi connectivity index (χ4v) is 2.59. The number of thiocarbonyl (C=S) groups is 1. The molecule has 0 aromatic heterocycles. The summed E-state index contributed by atoms with van der Waals surface area (Å²) in [6.45, 7) is 5.23. The van der Waals surface area contributed by atoms with Gasteiger partial charge in [0, 0.05) is 24.2 Å². The van der Waals surface area contributed by atoms with Gasteiger partial charge in [-0.1, -0.05) is 60.0 Å². The molecule has 0 unspecified atom stereocenters. The zero-order chi connectivity index (χ0) is 18.8. The van der Waals surface area contributed by atoms with Crippen molar-refractivity contribution in [3.8, 4) is 11.8 Å². The summed E-state index contributed by atoms with van der Waals surface area (Å²) in [4.78, 5) is 0.466. The van der Waals surface area contributed by atoms with E-state index in [-0.39, 0.29) is 5.76 Å². The Labute approximate surface area is 161 Å². The lowest BCUT2D eigenvalue weighted by atomic mass is 10.1. The van der Waals surface area contributed by atoms with Gasteiger partial charge in [0.25, 0.3) is 0 Å². The van der Waals surface area contributed by atoms with Crippen LogP contribution in [0.3, 0.4) is 0 Å². The van der Waals surface area contributed by atoms with Crippen molar-refractivity contribution in [1.29, 1.82) is 0 Å².